The number of hydrogen-bond acceptors (Lipinski definition) is 7. The molecule has 0 saturated carbocycles. The van der Waals surface area contributed by atoms with E-state index in [1.54, 1.807) is 24.3 Å². The van der Waals surface area contributed by atoms with Crippen molar-refractivity contribution < 1.29 is 24.0 Å². The molecule has 0 radical (unpaired) electrons. The molecule has 3 amide bonds. The van der Waals surface area contributed by atoms with Gasteiger partial charge in [-0.2, -0.15) is 0 Å². The lowest BCUT2D eigenvalue weighted by Crippen LogP contribution is -2.49. The molecule has 10 nitrogen and oxygen atoms in total. The minimum Gasteiger partial charge on any atom is -0.379 e. The molecule has 0 aromatic heterocycles. The Kier molecular flexibility index (Phi) is 7.80. The molecular formula is C23H22BrClN4O6. The summed E-state index contributed by atoms with van der Waals surface area (Å²) in [4.78, 5) is 55.0. The molecule has 12 heteroatoms. The van der Waals surface area contributed by atoms with E-state index in [1.165, 1.54) is 17.0 Å². The first-order valence-electron chi connectivity index (χ1n) is 10.9. The molecule has 2 aliphatic rings. The van der Waals surface area contributed by atoms with E-state index < -0.39 is 34.4 Å². The average Bonchev–Trinajstić information content (AvgIpc) is 3.14. The standard InChI is InChI=1S/C23H22BrClN4O6/c24-16-2-4-17(5-3-16)28-21(30)14-20(23(28)32)27(8-7-26-9-11-35-12-10-26)22(31)15-1-6-18(25)19(13-15)29(33)34/h1-6,13,20H,7-12,14H2. The zero-order chi connectivity index (χ0) is 25.1. The van der Waals surface area contributed by atoms with Crippen molar-refractivity contribution in [2.24, 2.45) is 0 Å². The molecule has 184 valence electrons. The molecule has 2 heterocycles. The number of anilines is 1. The maximum absolute atomic E-state index is 13.6. The number of ether oxygens (including phenoxy) is 1. The summed E-state index contributed by atoms with van der Waals surface area (Å²) >= 11 is 9.24. The Labute approximate surface area is 214 Å². The molecule has 0 aliphatic carbocycles. The summed E-state index contributed by atoms with van der Waals surface area (Å²) in [6.45, 7) is 3.10. The first-order chi connectivity index (χ1) is 16.8. The number of nitrogens with zero attached hydrogens (tertiary/aromatic N) is 4. The van der Waals surface area contributed by atoms with E-state index in [0.29, 0.717) is 38.5 Å². The number of imide groups is 1. The van der Waals surface area contributed by atoms with Crippen LogP contribution in [0, 0.1) is 10.1 Å². The largest absolute Gasteiger partial charge is 0.379 e. The van der Waals surface area contributed by atoms with Crippen molar-refractivity contribution in [1.29, 1.82) is 0 Å². The molecule has 2 aromatic rings. The van der Waals surface area contributed by atoms with E-state index in [9.17, 15) is 24.5 Å². The Morgan fingerprint density at radius 2 is 1.86 bits per heavy atom. The van der Waals surface area contributed by atoms with Gasteiger partial charge in [0, 0.05) is 42.3 Å². The summed E-state index contributed by atoms with van der Waals surface area (Å²) < 4.78 is 6.16. The van der Waals surface area contributed by atoms with E-state index in [2.05, 4.69) is 20.8 Å². The molecule has 1 unspecified atom stereocenters. The van der Waals surface area contributed by atoms with Crippen LogP contribution in [0.3, 0.4) is 0 Å². The van der Waals surface area contributed by atoms with Crippen molar-refractivity contribution in [2.75, 3.05) is 44.3 Å². The number of rotatable bonds is 7. The van der Waals surface area contributed by atoms with Gasteiger partial charge in [-0.25, -0.2) is 4.90 Å². The Morgan fingerprint density at radius 1 is 1.17 bits per heavy atom. The maximum atomic E-state index is 13.6. The summed E-state index contributed by atoms with van der Waals surface area (Å²) in [6, 6.07) is 9.45. The van der Waals surface area contributed by atoms with Crippen LogP contribution in [0.15, 0.2) is 46.9 Å². The minimum atomic E-state index is -1.03. The summed E-state index contributed by atoms with van der Waals surface area (Å²) in [5, 5.41) is 11.2. The summed E-state index contributed by atoms with van der Waals surface area (Å²) in [6.07, 6.45) is -0.181. The third-order valence-electron chi connectivity index (χ3n) is 6.00. The molecule has 2 saturated heterocycles. The lowest BCUT2D eigenvalue weighted by molar-refractivity contribution is -0.384. The van der Waals surface area contributed by atoms with Crippen molar-refractivity contribution in [3.8, 4) is 0 Å². The van der Waals surface area contributed by atoms with Crippen molar-refractivity contribution in [2.45, 2.75) is 12.5 Å². The van der Waals surface area contributed by atoms with Crippen molar-refractivity contribution in [3.63, 3.8) is 0 Å². The van der Waals surface area contributed by atoms with Crippen LogP contribution in [0.2, 0.25) is 5.02 Å². The van der Waals surface area contributed by atoms with E-state index in [-0.39, 0.29) is 23.6 Å². The van der Waals surface area contributed by atoms with Gasteiger partial charge in [0.25, 0.3) is 17.5 Å². The fourth-order valence-electron chi connectivity index (χ4n) is 4.15. The van der Waals surface area contributed by atoms with Crippen LogP contribution in [0.4, 0.5) is 11.4 Å². The monoisotopic (exact) mass is 564 g/mol. The van der Waals surface area contributed by atoms with Gasteiger partial charge < -0.3 is 9.64 Å². The Balaban J connectivity index is 1.63. The number of nitro benzene ring substituents is 1. The number of amides is 3. The van der Waals surface area contributed by atoms with Crippen molar-refractivity contribution >= 4 is 56.6 Å². The number of nitro groups is 1. The van der Waals surface area contributed by atoms with Crippen LogP contribution < -0.4 is 4.90 Å². The fraction of sp³-hybridized carbons (Fsp3) is 0.348. The third-order valence-corrected chi connectivity index (χ3v) is 6.84. The van der Waals surface area contributed by atoms with Gasteiger partial charge in [0.05, 0.1) is 30.2 Å². The topological polar surface area (TPSA) is 113 Å². The number of morpholine rings is 1. The molecule has 0 spiro atoms. The second kappa shape index (κ2) is 10.8. The number of hydrogen-bond donors (Lipinski definition) is 0. The Bertz CT molecular complexity index is 1160. The smallest absolute Gasteiger partial charge is 0.288 e. The van der Waals surface area contributed by atoms with Gasteiger partial charge >= 0.3 is 0 Å². The highest BCUT2D eigenvalue weighted by molar-refractivity contribution is 9.10. The quantitative estimate of drug-likeness (QED) is 0.288. The van der Waals surface area contributed by atoms with Crippen LogP contribution >= 0.6 is 27.5 Å². The van der Waals surface area contributed by atoms with Gasteiger partial charge in [0.1, 0.15) is 11.1 Å². The first kappa shape index (κ1) is 25.2. The van der Waals surface area contributed by atoms with Crippen LogP contribution in [0.1, 0.15) is 16.8 Å². The Hall–Kier alpha value is -2.86. The second-order valence-electron chi connectivity index (χ2n) is 8.14. The summed E-state index contributed by atoms with van der Waals surface area (Å²) in [5.41, 5.74) is 0.0230. The Morgan fingerprint density at radius 3 is 2.51 bits per heavy atom. The predicted molar refractivity (Wildman–Crippen MR) is 131 cm³/mol. The number of carbonyl (C=O) groups excluding carboxylic acids is 3. The van der Waals surface area contributed by atoms with Gasteiger partial charge in [-0.3, -0.25) is 29.4 Å². The maximum Gasteiger partial charge on any atom is 0.288 e. The van der Waals surface area contributed by atoms with Gasteiger partial charge in [-0.05, 0) is 36.4 Å². The van der Waals surface area contributed by atoms with Gasteiger partial charge in [-0.1, -0.05) is 27.5 Å². The predicted octanol–water partition coefficient (Wildman–Crippen LogP) is 3.12. The minimum absolute atomic E-state index is 0.0189. The van der Waals surface area contributed by atoms with E-state index >= 15 is 0 Å². The highest BCUT2D eigenvalue weighted by atomic mass is 79.9. The van der Waals surface area contributed by atoms with E-state index in [4.69, 9.17) is 16.3 Å². The van der Waals surface area contributed by atoms with E-state index in [1.807, 2.05) is 0 Å². The molecule has 35 heavy (non-hydrogen) atoms. The van der Waals surface area contributed by atoms with Crippen LogP contribution in [0.25, 0.3) is 0 Å². The second-order valence-corrected chi connectivity index (χ2v) is 9.46. The molecule has 2 fully saturated rings. The molecule has 1 atom stereocenters. The molecule has 0 bridgehead atoms. The van der Waals surface area contributed by atoms with Crippen molar-refractivity contribution in [3.05, 3.63) is 67.6 Å². The summed E-state index contributed by atoms with van der Waals surface area (Å²) in [5.74, 6) is -1.52. The lowest BCUT2D eigenvalue weighted by atomic mass is 10.1. The van der Waals surface area contributed by atoms with E-state index in [0.717, 1.165) is 15.4 Å². The molecule has 2 aromatic carbocycles. The average molecular weight is 566 g/mol. The zero-order valence-corrected chi connectivity index (χ0v) is 20.9. The normalized spacial score (nSPS) is 18.7. The fourth-order valence-corrected chi connectivity index (χ4v) is 4.60. The lowest BCUT2D eigenvalue weighted by Gasteiger charge is -2.32. The number of benzene rings is 2. The molecule has 4 rings (SSSR count). The van der Waals surface area contributed by atoms with Crippen LogP contribution in [-0.2, 0) is 14.3 Å². The van der Waals surface area contributed by atoms with Crippen molar-refractivity contribution in [1.82, 2.24) is 9.80 Å². The van der Waals surface area contributed by atoms with Crippen LogP contribution in [0.5, 0.6) is 0 Å². The molecule has 2 aliphatic heterocycles. The van der Waals surface area contributed by atoms with Crippen LogP contribution in [-0.4, -0.2) is 77.9 Å². The highest BCUT2D eigenvalue weighted by Gasteiger charge is 2.44. The SMILES string of the molecule is O=C1CC(N(CCN2CCOCC2)C(=O)c2ccc(Cl)c([N+](=O)[O-])c2)C(=O)N1c1ccc(Br)cc1. The zero-order valence-electron chi connectivity index (χ0n) is 18.6. The first-order valence-corrected chi connectivity index (χ1v) is 12.1. The number of carbonyl (C=O) groups is 3. The van der Waals surface area contributed by atoms with Gasteiger partial charge in [-0.15, -0.1) is 0 Å². The number of halogens is 2. The van der Waals surface area contributed by atoms with Gasteiger partial charge in [0.2, 0.25) is 5.91 Å². The highest BCUT2D eigenvalue weighted by Crippen LogP contribution is 2.30. The molecular weight excluding hydrogens is 544 g/mol. The summed E-state index contributed by atoms with van der Waals surface area (Å²) in [7, 11) is 0. The molecule has 0 N–H and O–H groups in total. The van der Waals surface area contributed by atoms with Gasteiger partial charge in [0.15, 0.2) is 0 Å². The third kappa shape index (κ3) is 5.53.